The van der Waals surface area contributed by atoms with Crippen molar-refractivity contribution < 1.29 is 43.1 Å². The molecule has 33 heavy (non-hydrogen) atoms. The van der Waals surface area contributed by atoms with E-state index >= 15 is 0 Å². The fourth-order valence-corrected chi connectivity index (χ4v) is 3.75. The Hall–Kier alpha value is -2.18. The van der Waals surface area contributed by atoms with Crippen LogP contribution in [-0.4, -0.2) is 67.5 Å². The first kappa shape index (κ1) is 25.4. The molecular weight excluding hydrogens is 445 g/mol. The Bertz CT molecular complexity index is 929. The molecule has 1 aliphatic heterocycles. The highest BCUT2D eigenvalue weighted by Crippen LogP contribution is 2.40. The number of alkyl halides is 3. The second-order valence-electron chi connectivity index (χ2n) is 8.33. The highest BCUT2D eigenvalue weighted by Gasteiger charge is 2.46. The third-order valence-corrected chi connectivity index (χ3v) is 5.62. The van der Waals surface area contributed by atoms with Crippen LogP contribution in [0.25, 0.3) is 0 Å². The fraction of sp³-hybridized carbons (Fsp3) is 0.591. The molecule has 0 bridgehead atoms. The van der Waals surface area contributed by atoms with Crippen molar-refractivity contribution in [2.24, 2.45) is 0 Å². The number of rotatable bonds is 7. The van der Waals surface area contributed by atoms with Crippen LogP contribution >= 0.6 is 0 Å². The van der Waals surface area contributed by atoms with Crippen LogP contribution in [0.5, 0.6) is 5.88 Å². The van der Waals surface area contributed by atoms with Crippen molar-refractivity contribution in [1.29, 1.82) is 0 Å². The van der Waals surface area contributed by atoms with Crippen molar-refractivity contribution >= 4 is 0 Å². The molecule has 2 heterocycles. The van der Waals surface area contributed by atoms with Crippen LogP contribution in [0.3, 0.4) is 0 Å². The highest BCUT2D eigenvalue weighted by atomic mass is 19.4. The molecule has 11 heteroatoms. The van der Waals surface area contributed by atoms with Crippen molar-refractivity contribution in [3.63, 3.8) is 0 Å². The molecule has 8 nitrogen and oxygen atoms in total. The van der Waals surface area contributed by atoms with Crippen LogP contribution in [-0.2, 0) is 23.8 Å². The molecule has 0 saturated carbocycles. The predicted molar refractivity (Wildman–Crippen MR) is 111 cm³/mol. The normalized spacial score (nSPS) is 26.1. The molecular formula is C22H29F3N2O6. The minimum absolute atomic E-state index is 0.154. The minimum atomic E-state index is -4.74. The summed E-state index contributed by atoms with van der Waals surface area (Å²) in [4.78, 5) is 0. The molecule has 0 aliphatic carbocycles. The van der Waals surface area contributed by atoms with Crippen LogP contribution in [0, 0.1) is 0 Å². The Morgan fingerprint density at radius 3 is 2.18 bits per heavy atom. The molecule has 0 spiro atoms. The van der Waals surface area contributed by atoms with Gasteiger partial charge in [-0.3, -0.25) is 4.68 Å². The zero-order valence-electron chi connectivity index (χ0n) is 18.5. The molecule has 1 aromatic carbocycles. The van der Waals surface area contributed by atoms with Crippen molar-refractivity contribution in [2.45, 2.75) is 76.5 Å². The number of aryl methyl sites for hydroxylation is 1. The molecule has 4 N–H and O–H groups in total. The summed E-state index contributed by atoms with van der Waals surface area (Å²) in [6, 6.07) is 6.45. The number of benzene rings is 1. The minimum Gasteiger partial charge on any atom is -0.443 e. The molecule has 184 valence electrons. The smallest absolute Gasteiger partial charge is 0.433 e. The lowest BCUT2D eigenvalue weighted by molar-refractivity contribution is -0.278. The first-order valence-electron chi connectivity index (χ1n) is 10.7. The molecule has 3 rings (SSSR count). The van der Waals surface area contributed by atoms with Gasteiger partial charge in [-0.05, 0) is 31.4 Å². The number of nitrogens with zero attached hydrogens (tertiary/aromatic N) is 2. The molecule has 1 saturated heterocycles. The van der Waals surface area contributed by atoms with Crippen LogP contribution in [0.2, 0.25) is 0 Å². The summed E-state index contributed by atoms with van der Waals surface area (Å²) in [5.41, 5.74) is 0.388. The lowest BCUT2D eigenvalue weighted by Gasteiger charge is -2.39. The van der Waals surface area contributed by atoms with E-state index in [9.17, 15) is 33.6 Å². The monoisotopic (exact) mass is 474 g/mol. The van der Waals surface area contributed by atoms with Crippen LogP contribution in [0.4, 0.5) is 13.2 Å². The van der Waals surface area contributed by atoms with Gasteiger partial charge in [0, 0.05) is 12.5 Å². The van der Waals surface area contributed by atoms with Gasteiger partial charge in [0.05, 0.1) is 12.2 Å². The van der Waals surface area contributed by atoms with Crippen LogP contribution < -0.4 is 4.74 Å². The molecule has 1 aliphatic rings. The van der Waals surface area contributed by atoms with Gasteiger partial charge in [-0.25, -0.2) is 0 Å². The maximum atomic E-state index is 14.1. The summed E-state index contributed by atoms with van der Waals surface area (Å²) in [6.45, 7) is 4.35. The second kappa shape index (κ2) is 9.98. The van der Waals surface area contributed by atoms with E-state index in [-0.39, 0.29) is 12.0 Å². The van der Waals surface area contributed by atoms with Crippen molar-refractivity contribution in [3.8, 4) is 5.88 Å². The molecule has 1 aromatic heterocycles. The van der Waals surface area contributed by atoms with Gasteiger partial charge >= 0.3 is 6.18 Å². The number of halogens is 3. The van der Waals surface area contributed by atoms with Gasteiger partial charge in [-0.2, -0.15) is 13.2 Å². The number of hydrogen-bond acceptors (Lipinski definition) is 7. The molecule has 1 fully saturated rings. The average Bonchev–Trinajstić information content (AvgIpc) is 3.13. The van der Waals surface area contributed by atoms with E-state index in [0.717, 1.165) is 16.7 Å². The first-order valence-corrected chi connectivity index (χ1v) is 10.7. The van der Waals surface area contributed by atoms with E-state index in [1.165, 1.54) is 0 Å². The Kier molecular flexibility index (Phi) is 7.69. The standard InChI is InChI=1S/C22H29F3N2O6/c1-4-12-5-7-13(8-6-12)9-14-19(22(23,24)25)27(11(2)3)26-20(14)33-21-18(31)17(30)16(29)15(10-28)32-21/h5-8,11,15-18,21,28-31H,4,9-10H2,1-3H3/t15-,16-,17+,18-,21+/m1/s1. The topological polar surface area (TPSA) is 117 Å². The zero-order chi connectivity index (χ0) is 24.5. The maximum Gasteiger partial charge on any atom is 0.433 e. The number of aliphatic hydroxyl groups excluding tert-OH is 4. The Morgan fingerprint density at radius 2 is 1.67 bits per heavy atom. The Morgan fingerprint density at radius 1 is 1.06 bits per heavy atom. The van der Waals surface area contributed by atoms with E-state index in [1.54, 1.807) is 26.0 Å². The predicted octanol–water partition coefficient (Wildman–Crippen LogP) is 1.81. The number of hydrogen-bond donors (Lipinski definition) is 4. The summed E-state index contributed by atoms with van der Waals surface area (Å²) < 4.78 is 53.9. The lowest BCUT2D eigenvalue weighted by Crippen LogP contribution is -2.60. The largest absolute Gasteiger partial charge is 0.443 e. The molecule has 5 atom stereocenters. The summed E-state index contributed by atoms with van der Waals surface area (Å²) in [6.07, 6.45) is -12.2. The van der Waals surface area contributed by atoms with Crippen molar-refractivity contribution in [2.75, 3.05) is 6.61 Å². The highest BCUT2D eigenvalue weighted by molar-refractivity contribution is 5.39. The third kappa shape index (κ3) is 5.33. The van der Waals surface area contributed by atoms with Crippen molar-refractivity contribution in [1.82, 2.24) is 9.78 Å². The van der Waals surface area contributed by atoms with Gasteiger partial charge in [0.25, 0.3) is 0 Å². The molecule has 0 radical (unpaired) electrons. The van der Waals surface area contributed by atoms with E-state index in [2.05, 4.69) is 5.10 Å². The molecule has 0 amide bonds. The fourth-order valence-electron chi connectivity index (χ4n) is 3.75. The summed E-state index contributed by atoms with van der Waals surface area (Å²) >= 11 is 0. The Labute approximate surface area is 189 Å². The summed E-state index contributed by atoms with van der Waals surface area (Å²) in [7, 11) is 0. The molecule has 0 unspecified atom stereocenters. The SMILES string of the molecule is CCc1ccc(Cc2c(O[C@@H]3O[C@H](CO)[C@@H](O)[C@H](O)[C@H]3O)nn(C(C)C)c2C(F)(F)F)cc1. The van der Waals surface area contributed by atoms with E-state index in [4.69, 9.17) is 9.47 Å². The van der Waals surface area contributed by atoms with Crippen LogP contribution in [0.15, 0.2) is 24.3 Å². The third-order valence-electron chi connectivity index (χ3n) is 5.62. The van der Waals surface area contributed by atoms with Crippen molar-refractivity contribution in [3.05, 3.63) is 46.6 Å². The number of ether oxygens (including phenoxy) is 2. The summed E-state index contributed by atoms with van der Waals surface area (Å²) in [5, 5.41) is 43.6. The van der Waals surface area contributed by atoms with Crippen LogP contribution in [0.1, 0.15) is 49.2 Å². The van der Waals surface area contributed by atoms with Gasteiger partial charge in [-0.15, -0.1) is 5.10 Å². The second-order valence-corrected chi connectivity index (χ2v) is 8.33. The van der Waals surface area contributed by atoms with E-state index in [1.807, 2.05) is 19.1 Å². The number of aliphatic hydroxyl groups is 4. The van der Waals surface area contributed by atoms with Gasteiger partial charge in [0.15, 0.2) is 0 Å². The van der Waals surface area contributed by atoms with Gasteiger partial charge in [-0.1, -0.05) is 31.2 Å². The summed E-state index contributed by atoms with van der Waals surface area (Å²) in [5.74, 6) is -0.417. The number of aromatic nitrogens is 2. The quantitative estimate of drug-likeness (QED) is 0.484. The zero-order valence-corrected chi connectivity index (χ0v) is 18.5. The average molecular weight is 474 g/mol. The van der Waals surface area contributed by atoms with Gasteiger partial charge in [0.2, 0.25) is 12.2 Å². The molecule has 2 aromatic rings. The van der Waals surface area contributed by atoms with E-state index < -0.39 is 61.1 Å². The van der Waals surface area contributed by atoms with E-state index in [0.29, 0.717) is 5.56 Å². The first-order chi connectivity index (χ1) is 15.5. The lowest BCUT2D eigenvalue weighted by atomic mass is 9.99. The van der Waals surface area contributed by atoms with Gasteiger partial charge in [0.1, 0.15) is 30.1 Å². The maximum absolute atomic E-state index is 14.1. The van der Waals surface area contributed by atoms with Gasteiger partial charge < -0.3 is 29.9 Å². The Balaban J connectivity index is 2.04.